The monoisotopic (exact) mass is 362 g/mol. The van der Waals surface area contributed by atoms with Gasteiger partial charge in [0, 0.05) is 24.5 Å². The van der Waals surface area contributed by atoms with Gasteiger partial charge < -0.3 is 15.7 Å². The Balaban J connectivity index is 1.87. The number of aryl methyl sites for hydroxylation is 1. The van der Waals surface area contributed by atoms with E-state index in [1.807, 2.05) is 18.2 Å². The van der Waals surface area contributed by atoms with E-state index in [-0.39, 0.29) is 11.8 Å². The SMILES string of the molecule is Cc1ccc2c(C3CNCC(C(C)C)N3)nc(-c3ccccc3O)nc2c1. The van der Waals surface area contributed by atoms with Crippen LogP contribution in [0.5, 0.6) is 5.75 Å². The van der Waals surface area contributed by atoms with Crippen molar-refractivity contribution in [1.82, 2.24) is 20.6 Å². The van der Waals surface area contributed by atoms with Gasteiger partial charge in [0.15, 0.2) is 5.82 Å². The quantitative estimate of drug-likeness (QED) is 0.664. The molecule has 0 spiro atoms. The maximum Gasteiger partial charge on any atom is 0.163 e. The topological polar surface area (TPSA) is 70.1 Å². The molecule has 1 aromatic heterocycles. The molecule has 1 aliphatic rings. The molecule has 3 aromatic rings. The van der Waals surface area contributed by atoms with Crippen LogP contribution in [0.3, 0.4) is 0 Å². The highest BCUT2D eigenvalue weighted by Gasteiger charge is 2.27. The van der Waals surface area contributed by atoms with Gasteiger partial charge >= 0.3 is 0 Å². The Hall–Kier alpha value is -2.50. The molecule has 0 aliphatic carbocycles. The molecule has 1 saturated heterocycles. The van der Waals surface area contributed by atoms with Crippen LogP contribution in [-0.4, -0.2) is 34.2 Å². The van der Waals surface area contributed by atoms with E-state index in [9.17, 15) is 5.11 Å². The van der Waals surface area contributed by atoms with Crippen LogP contribution in [0, 0.1) is 12.8 Å². The van der Waals surface area contributed by atoms with Gasteiger partial charge in [-0.25, -0.2) is 9.97 Å². The van der Waals surface area contributed by atoms with Crippen LogP contribution in [0.4, 0.5) is 0 Å². The lowest BCUT2D eigenvalue weighted by atomic mass is 9.97. The molecular formula is C22H26N4O. The fourth-order valence-corrected chi connectivity index (χ4v) is 3.68. The van der Waals surface area contributed by atoms with Crippen LogP contribution < -0.4 is 10.6 Å². The van der Waals surface area contributed by atoms with E-state index in [0.717, 1.165) is 35.2 Å². The van der Waals surface area contributed by atoms with E-state index < -0.39 is 0 Å². The van der Waals surface area contributed by atoms with Crippen LogP contribution >= 0.6 is 0 Å². The van der Waals surface area contributed by atoms with Crippen LogP contribution in [0.2, 0.25) is 0 Å². The molecule has 1 fully saturated rings. The Morgan fingerprint density at radius 3 is 2.67 bits per heavy atom. The molecule has 5 nitrogen and oxygen atoms in total. The van der Waals surface area contributed by atoms with Gasteiger partial charge in [0.05, 0.1) is 22.8 Å². The van der Waals surface area contributed by atoms with Crippen molar-refractivity contribution >= 4 is 10.9 Å². The molecule has 2 atom stereocenters. The number of fused-ring (bicyclic) bond motifs is 1. The molecule has 0 amide bonds. The fraction of sp³-hybridized carbons (Fsp3) is 0.364. The van der Waals surface area contributed by atoms with Crippen molar-refractivity contribution in [1.29, 1.82) is 0 Å². The second-order valence-corrected chi connectivity index (χ2v) is 7.70. The summed E-state index contributed by atoms with van der Waals surface area (Å²) >= 11 is 0. The van der Waals surface area contributed by atoms with Crippen molar-refractivity contribution in [3.05, 3.63) is 53.7 Å². The molecule has 140 valence electrons. The van der Waals surface area contributed by atoms with Crippen LogP contribution in [-0.2, 0) is 0 Å². The van der Waals surface area contributed by atoms with Gasteiger partial charge in [0.25, 0.3) is 0 Å². The summed E-state index contributed by atoms with van der Waals surface area (Å²) in [4.78, 5) is 9.66. The molecule has 0 bridgehead atoms. The summed E-state index contributed by atoms with van der Waals surface area (Å²) in [6.45, 7) is 8.31. The predicted octanol–water partition coefficient (Wildman–Crippen LogP) is 3.57. The Bertz CT molecular complexity index is 970. The normalized spacial score (nSPS) is 20.3. The van der Waals surface area contributed by atoms with Crippen LogP contribution in [0.15, 0.2) is 42.5 Å². The van der Waals surface area contributed by atoms with E-state index in [1.165, 1.54) is 0 Å². The maximum atomic E-state index is 10.3. The number of piperazine rings is 1. The number of para-hydroxylation sites is 1. The molecular weight excluding hydrogens is 336 g/mol. The molecule has 0 saturated carbocycles. The molecule has 1 aliphatic heterocycles. The van der Waals surface area contributed by atoms with Gasteiger partial charge in [-0.2, -0.15) is 0 Å². The smallest absolute Gasteiger partial charge is 0.163 e. The van der Waals surface area contributed by atoms with Crippen molar-refractivity contribution < 1.29 is 5.11 Å². The highest BCUT2D eigenvalue weighted by Crippen LogP contribution is 2.31. The Morgan fingerprint density at radius 2 is 1.89 bits per heavy atom. The highest BCUT2D eigenvalue weighted by molar-refractivity contribution is 5.84. The molecule has 2 unspecified atom stereocenters. The summed E-state index contributed by atoms with van der Waals surface area (Å²) in [5.41, 5.74) is 3.71. The molecule has 2 heterocycles. The van der Waals surface area contributed by atoms with Crippen LogP contribution in [0.25, 0.3) is 22.3 Å². The predicted molar refractivity (Wildman–Crippen MR) is 109 cm³/mol. The maximum absolute atomic E-state index is 10.3. The molecule has 4 rings (SSSR count). The summed E-state index contributed by atoms with van der Waals surface area (Å²) < 4.78 is 0. The lowest BCUT2D eigenvalue weighted by Crippen LogP contribution is -2.52. The van der Waals surface area contributed by atoms with Crippen LogP contribution in [0.1, 0.15) is 31.1 Å². The summed E-state index contributed by atoms with van der Waals surface area (Å²) in [5.74, 6) is 1.30. The Labute approximate surface area is 159 Å². The van der Waals surface area contributed by atoms with Gasteiger partial charge in [-0.3, -0.25) is 0 Å². The molecule has 5 heteroatoms. The number of benzene rings is 2. The first-order valence-electron chi connectivity index (χ1n) is 9.56. The zero-order valence-corrected chi connectivity index (χ0v) is 16.0. The van der Waals surface area contributed by atoms with Gasteiger partial charge in [-0.05, 0) is 36.6 Å². The lowest BCUT2D eigenvalue weighted by Gasteiger charge is -2.34. The van der Waals surface area contributed by atoms with Crippen molar-refractivity contribution in [2.45, 2.75) is 32.9 Å². The van der Waals surface area contributed by atoms with Gasteiger partial charge in [-0.15, -0.1) is 0 Å². The first-order chi connectivity index (χ1) is 13.0. The van der Waals surface area contributed by atoms with Gasteiger partial charge in [0.1, 0.15) is 5.75 Å². The minimum Gasteiger partial charge on any atom is -0.507 e. The van der Waals surface area contributed by atoms with E-state index in [4.69, 9.17) is 9.97 Å². The highest BCUT2D eigenvalue weighted by atomic mass is 16.3. The fourth-order valence-electron chi connectivity index (χ4n) is 3.68. The summed E-state index contributed by atoms with van der Waals surface area (Å²) in [7, 11) is 0. The first-order valence-corrected chi connectivity index (χ1v) is 9.56. The number of aromatic nitrogens is 2. The van der Waals surface area contributed by atoms with Crippen molar-refractivity contribution in [3.63, 3.8) is 0 Å². The number of nitrogens with one attached hydrogen (secondary N) is 2. The average molecular weight is 362 g/mol. The van der Waals surface area contributed by atoms with E-state index in [2.05, 4.69) is 49.6 Å². The van der Waals surface area contributed by atoms with Crippen molar-refractivity contribution in [3.8, 4) is 17.1 Å². The van der Waals surface area contributed by atoms with E-state index in [0.29, 0.717) is 23.3 Å². The third-order valence-electron chi connectivity index (χ3n) is 5.29. The largest absolute Gasteiger partial charge is 0.507 e. The van der Waals surface area contributed by atoms with Gasteiger partial charge in [0.2, 0.25) is 0 Å². The van der Waals surface area contributed by atoms with E-state index in [1.54, 1.807) is 6.07 Å². The summed E-state index contributed by atoms with van der Waals surface area (Å²) in [6, 6.07) is 14.0. The minimum absolute atomic E-state index is 0.101. The molecule has 3 N–H and O–H groups in total. The Kier molecular flexibility index (Phi) is 4.81. The molecule has 0 radical (unpaired) electrons. The van der Waals surface area contributed by atoms with E-state index >= 15 is 0 Å². The third kappa shape index (κ3) is 3.53. The summed E-state index contributed by atoms with van der Waals surface area (Å²) in [6.07, 6.45) is 0. The minimum atomic E-state index is 0.101. The zero-order chi connectivity index (χ0) is 19.0. The number of hydrogen-bond acceptors (Lipinski definition) is 5. The average Bonchev–Trinajstić information content (AvgIpc) is 2.67. The molecule has 27 heavy (non-hydrogen) atoms. The number of phenols is 1. The number of rotatable bonds is 3. The first kappa shape index (κ1) is 17.9. The lowest BCUT2D eigenvalue weighted by molar-refractivity contribution is 0.286. The number of aromatic hydroxyl groups is 1. The third-order valence-corrected chi connectivity index (χ3v) is 5.29. The van der Waals surface area contributed by atoms with Crippen molar-refractivity contribution in [2.75, 3.05) is 13.1 Å². The number of phenolic OH excluding ortho intramolecular Hbond substituents is 1. The second-order valence-electron chi connectivity index (χ2n) is 7.70. The van der Waals surface area contributed by atoms with Gasteiger partial charge in [-0.1, -0.05) is 38.1 Å². The number of hydrogen-bond donors (Lipinski definition) is 3. The summed E-state index contributed by atoms with van der Waals surface area (Å²) in [5, 5.41) is 18.7. The van der Waals surface area contributed by atoms with Crippen molar-refractivity contribution in [2.24, 2.45) is 5.92 Å². The number of nitrogens with zero attached hydrogens (tertiary/aromatic N) is 2. The molecule has 2 aromatic carbocycles. The Morgan fingerprint density at radius 1 is 1.07 bits per heavy atom. The standard InChI is InChI=1S/C22H26N4O/c1-13(2)18-11-23-12-19(24-18)21-15-9-8-14(3)10-17(15)25-22(26-21)16-6-4-5-7-20(16)27/h4-10,13,18-19,23-24,27H,11-12H2,1-3H3. The second kappa shape index (κ2) is 7.25. The zero-order valence-electron chi connectivity index (χ0n) is 16.0.